The summed E-state index contributed by atoms with van der Waals surface area (Å²) < 4.78 is 27.8. The van der Waals surface area contributed by atoms with Crippen molar-refractivity contribution in [2.75, 3.05) is 13.1 Å². The van der Waals surface area contributed by atoms with Crippen molar-refractivity contribution in [1.29, 1.82) is 5.26 Å². The Morgan fingerprint density at radius 1 is 1.35 bits per heavy atom. The summed E-state index contributed by atoms with van der Waals surface area (Å²) in [6.07, 6.45) is -0.676. The lowest BCUT2D eigenvalue weighted by molar-refractivity contribution is -0.131. The summed E-state index contributed by atoms with van der Waals surface area (Å²) in [6, 6.07) is 11.5. The first-order chi connectivity index (χ1) is 12.3. The van der Waals surface area contributed by atoms with Crippen LogP contribution >= 0.6 is 22.6 Å². The van der Waals surface area contributed by atoms with Gasteiger partial charge in [-0.1, -0.05) is 18.2 Å². The van der Waals surface area contributed by atoms with Crippen LogP contribution in [0.2, 0.25) is 0 Å². The van der Waals surface area contributed by atoms with E-state index in [1.54, 1.807) is 18.2 Å². The van der Waals surface area contributed by atoms with E-state index in [0.717, 1.165) is 19.2 Å². The molecule has 0 saturated carbocycles. The van der Waals surface area contributed by atoms with Crippen LogP contribution in [0.4, 0.5) is 8.78 Å². The van der Waals surface area contributed by atoms with E-state index >= 15 is 0 Å². The van der Waals surface area contributed by atoms with Crippen LogP contribution in [0.1, 0.15) is 16.8 Å². The van der Waals surface area contributed by atoms with Gasteiger partial charge in [-0.25, -0.2) is 8.78 Å². The molecule has 2 amide bonds. The van der Waals surface area contributed by atoms with E-state index in [1.807, 2.05) is 24.3 Å². The van der Waals surface area contributed by atoms with Gasteiger partial charge in [-0.3, -0.25) is 9.59 Å². The van der Waals surface area contributed by atoms with Gasteiger partial charge >= 0.3 is 0 Å². The van der Waals surface area contributed by atoms with Crippen LogP contribution in [-0.2, 0) is 4.79 Å². The molecule has 26 heavy (non-hydrogen) atoms. The van der Waals surface area contributed by atoms with Crippen molar-refractivity contribution in [2.24, 2.45) is 0 Å². The van der Waals surface area contributed by atoms with Crippen LogP contribution in [-0.4, -0.2) is 41.8 Å². The van der Waals surface area contributed by atoms with Crippen LogP contribution < -0.4 is 5.32 Å². The first-order valence-electron chi connectivity index (χ1n) is 7.84. The van der Waals surface area contributed by atoms with E-state index in [2.05, 4.69) is 27.9 Å². The second kappa shape index (κ2) is 7.15. The second-order valence-electron chi connectivity index (χ2n) is 6.08. The maximum atomic E-state index is 13.4. The quantitative estimate of drug-likeness (QED) is 0.703. The Kier molecular flexibility index (Phi) is 5.09. The molecule has 1 aliphatic heterocycles. The van der Waals surface area contributed by atoms with Crippen molar-refractivity contribution in [1.82, 2.24) is 10.2 Å². The summed E-state index contributed by atoms with van der Waals surface area (Å²) in [5.41, 5.74) is 0.400. The van der Waals surface area contributed by atoms with Gasteiger partial charge in [-0.05, 0) is 51.6 Å². The third kappa shape index (κ3) is 3.77. The highest BCUT2D eigenvalue weighted by atomic mass is 127. The number of rotatable bonds is 3. The van der Waals surface area contributed by atoms with Crippen molar-refractivity contribution in [3.05, 3.63) is 45.5 Å². The number of likely N-dealkylation sites (tertiary alicyclic amines) is 1. The Morgan fingerprint density at radius 3 is 2.85 bits per heavy atom. The van der Waals surface area contributed by atoms with E-state index in [1.165, 1.54) is 0 Å². The summed E-state index contributed by atoms with van der Waals surface area (Å²) in [7, 11) is 0. The molecule has 3 rings (SSSR count). The van der Waals surface area contributed by atoms with Gasteiger partial charge in [0.1, 0.15) is 6.04 Å². The van der Waals surface area contributed by atoms with Gasteiger partial charge in [-0.15, -0.1) is 0 Å². The Balaban J connectivity index is 1.73. The summed E-state index contributed by atoms with van der Waals surface area (Å²) in [5, 5.41) is 13.0. The number of amides is 2. The Hall–Kier alpha value is -2.28. The largest absolute Gasteiger partial charge is 0.343 e. The fourth-order valence-electron chi connectivity index (χ4n) is 2.99. The molecule has 1 N–H and O–H groups in total. The highest BCUT2D eigenvalue weighted by Crippen LogP contribution is 2.31. The number of carbonyl (C=O) groups excluding carboxylic acids is 2. The molecule has 2 aromatic carbocycles. The number of nitrogens with zero attached hydrogens (tertiary/aromatic N) is 2. The molecule has 0 bridgehead atoms. The molecule has 2 aromatic rings. The number of hydrogen-bond acceptors (Lipinski definition) is 3. The number of carbonyl (C=O) groups is 2. The maximum Gasteiger partial charge on any atom is 0.268 e. The highest BCUT2D eigenvalue weighted by molar-refractivity contribution is 14.1. The van der Waals surface area contributed by atoms with Crippen molar-refractivity contribution < 1.29 is 18.4 Å². The molecule has 1 atom stereocenters. The number of benzene rings is 2. The molecular formula is C18H14F2IN3O2. The molecular weight excluding hydrogens is 455 g/mol. The average molecular weight is 469 g/mol. The van der Waals surface area contributed by atoms with E-state index in [0.29, 0.717) is 5.56 Å². The number of halogens is 3. The van der Waals surface area contributed by atoms with Crippen LogP contribution in [0.5, 0.6) is 0 Å². The Morgan fingerprint density at radius 2 is 2.12 bits per heavy atom. The van der Waals surface area contributed by atoms with Crippen molar-refractivity contribution in [3.8, 4) is 6.07 Å². The minimum absolute atomic E-state index is 0.400. The van der Waals surface area contributed by atoms with E-state index in [9.17, 15) is 18.4 Å². The lowest BCUT2D eigenvalue weighted by Gasteiger charge is -2.19. The minimum atomic E-state index is -3.08. The van der Waals surface area contributed by atoms with E-state index < -0.39 is 43.3 Å². The standard InChI is InChI=1S/C18H14F2IN3O2/c19-18(20)7-13(8-22)24(10-18)16(25)9-23-17(26)14-3-1-2-11-4-5-12(21)6-15(11)14/h1-6,13H,7,9-10H2,(H,23,26)/t13-/m0/s1. The molecule has 0 spiro atoms. The van der Waals surface area contributed by atoms with Crippen molar-refractivity contribution in [3.63, 3.8) is 0 Å². The molecule has 8 heteroatoms. The Labute approximate surface area is 162 Å². The number of hydrogen-bond donors (Lipinski definition) is 1. The first kappa shape index (κ1) is 18.5. The van der Waals surface area contributed by atoms with E-state index in [-0.39, 0.29) is 0 Å². The van der Waals surface area contributed by atoms with Crippen LogP contribution in [0.25, 0.3) is 10.8 Å². The summed E-state index contributed by atoms with van der Waals surface area (Å²) >= 11 is 2.14. The fraction of sp³-hybridized carbons (Fsp3) is 0.278. The van der Waals surface area contributed by atoms with Gasteiger partial charge in [0.2, 0.25) is 5.91 Å². The van der Waals surface area contributed by atoms with Gasteiger partial charge < -0.3 is 10.2 Å². The SMILES string of the molecule is N#C[C@@H]1CC(F)(F)CN1C(=O)CNC(=O)c1cccc2ccc(I)cc12. The number of alkyl halides is 2. The molecule has 0 aromatic heterocycles. The maximum absolute atomic E-state index is 13.4. The predicted octanol–water partition coefficient (Wildman–Crippen LogP) is 2.93. The lowest BCUT2D eigenvalue weighted by Crippen LogP contribution is -2.43. The van der Waals surface area contributed by atoms with Gasteiger partial charge in [0.25, 0.3) is 11.8 Å². The minimum Gasteiger partial charge on any atom is -0.343 e. The van der Waals surface area contributed by atoms with Crippen LogP contribution in [0.3, 0.4) is 0 Å². The van der Waals surface area contributed by atoms with E-state index in [4.69, 9.17) is 5.26 Å². The molecule has 1 fully saturated rings. The summed E-state index contributed by atoms with van der Waals surface area (Å²) in [4.78, 5) is 25.5. The van der Waals surface area contributed by atoms with Crippen molar-refractivity contribution in [2.45, 2.75) is 18.4 Å². The first-order valence-corrected chi connectivity index (χ1v) is 8.92. The molecule has 0 unspecified atom stereocenters. The van der Waals surface area contributed by atoms with Gasteiger partial charge in [0, 0.05) is 15.6 Å². The van der Waals surface area contributed by atoms with Crippen molar-refractivity contribution >= 4 is 45.2 Å². The third-order valence-corrected chi connectivity index (χ3v) is 4.90. The van der Waals surface area contributed by atoms with Crippen LogP contribution in [0, 0.1) is 14.9 Å². The molecule has 1 saturated heterocycles. The van der Waals surface area contributed by atoms with Crippen LogP contribution in [0.15, 0.2) is 36.4 Å². The highest BCUT2D eigenvalue weighted by Gasteiger charge is 2.47. The molecule has 0 aliphatic carbocycles. The zero-order valence-electron chi connectivity index (χ0n) is 13.5. The number of nitriles is 1. The lowest BCUT2D eigenvalue weighted by atomic mass is 10.0. The predicted molar refractivity (Wildman–Crippen MR) is 99.7 cm³/mol. The van der Waals surface area contributed by atoms with Gasteiger partial charge in [0.05, 0.1) is 19.2 Å². The average Bonchev–Trinajstić information content (AvgIpc) is 2.93. The number of nitrogens with one attached hydrogen (secondary N) is 1. The summed E-state index contributed by atoms with van der Waals surface area (Å²) in [5.74, 6) is -4.24. The Bertz CT molecular complexity index is 926. The fourth-order valence-corrected chi connectivity index (χ4v) is 3.48. The second-order valence-corrected chi connectivity index (χ2v) is 7.33. The molecule has 134 valence electrons. The molecule has 1 aliphatic rings. The topological polar surface area (TPSA) is 73.2 Å². The number of fused-ring (bicyclic) bond motifs is 1. The monoisotopic (exact) mass is 469 g/mol. The molecule has 0 radical (unpaired) electrons. The zero-order chi connectivity index (χ0) is 18.9. The normalized spacial score (nSPS) is 18.5. The molecule has 1 heterocycles. The van der Waals surface area contributed by atoms with Gasteiger partial charge in [0.15, 0.2) is 0 Å². The van der Waals surface area contributed by atoms with Gasteiger partial charge in [-0.2, -0.15) is 5.26 Å². The zero-order valence-corrected chi connectivity index (χ0v) is 15.7. The summed E-state index contributed by atoms with van der Waals surface area (Å²) in [6.45, 7) is -1.24. The molecule has 5 nitrogen and oxygen atoms in total. The third-order valence-electron chi connectivity index (χ3n) is 4.23. The smallest absolute Gasteiger partial charge is 0.268 e.